The van der Waals surface area contributed by atoms with Crippen molar-refractivity contribution < 1.29 is 4.79 Å². The van der Waals surface area contributed by atoms with Gasteiger partial charge in [-0.3, -0.25) is 4.79 Å². The van der Waals surface area contributed by atoms with Crippen molar-refractivity contribution in [2.45, 2.75) is 13.0 Å². The topological polar surface area (TPSA) is 75.3 Å². The van der Waals surface area contributed by atoms with E-state index in [1.165, 1.54) is 0 Å². The lowest BCUT2D eigenvalue weighted by Crippen LogP contribution is -2.52. The molecule has 2 heterocycles. The summed E-state index contributed by atoms with van der Waals surface area (Å²) in [7, 11) is 2.06. The maximum Gasteiger partial charge on any atom is 0.274 e. The highest BCUT2D eigenvalue weighted by molar-refractivity contribution is 5.92. The smallest absolute Gasteiger partial charge is 0.274 e. The van der Waals surface area contributed by atoms with Gasteiger partial charge < -0.3 is 15.5 Å². The van der Waals surface area contributed by atoms with Gasteiger partial charge in [0.05, 0.1) is 0 Å². The first-order valence-electron chi connectivity index (χ1n) is 5.66. The zero-order valence-corrected chi connectivity index (χ0v) is 10.1. The Hall–Kier alpha value is -1.69. The van der Waals surface area contributed by atoms with E-state index in [2.05, 4.69) is 22.1 Å². The fraction of sp³-hybridized carbons (Fsp3) is 0.545. The van der Waals surface area contributed by atoms with Crippen LogP contribution in [-0.2, 0) is 0 Å². The van der Waals surface area contributed by atoms with Gasteiger partial charge in [-0.25, -0.2) is 0 Å². The molecule has 0 bridgehead atoms. The molecule has 6 heteroatoms. The van der Waals surface area contributed by atoms with Crippen LogP contribution in [-0.4, -0.2) is 58.6 Å². The fourth-order valence-electron chi connectivity index (χ4n) is 2.05. The van der Waals surface area contributed by atoms with Crippen LogP contribution in [0.4, 0.5) is 5.82 Å². The largest absolute Gasteiger partial charge is 0.382 e. The third kappa shape index (κ3) is 2.52. The molecule has 2 rings (SSSR count). The summed E-state index contributed by atoms with van der Waals surface area (Å²) in [6.45, 7) is 4.54. The van der Waals surface area contributed by atoms with E-state index >= 15 is 0 Å². The predicted molar refractivity (Wildman–Crippen MR) is 64.4 cm³/mol. The number of piperazine rings is 1. The van der Waals surface area contributed by atoms with Crippen LogP contribution in [0.5, 0.6) is 0 Å². The van der Waals surface area contributed by atoms with Crippen molar-refractivity contribution in [1.82, 2.24) is 20.0 Å². The van der Waals surface area contributed by atoms with Gasteiger partial charge in [0.2, 0.25) is 0 Å². The Morgan fingerprint density at radius 3 is 2.76 bits per heavy atom. The lowest BCUT2D eigenvalue weighted by Gasteiger charge is -2.37. The fourth-order valence-corrected chi connectivity index (χ4v) is 2.05. The number of anilines is 1. The Balaban J connectivity index is 2.12. The van der Waals surface area contributed by atoms with Gasteiger partial charge >= 0.3 is 0 Å². The van der Waals surface area contributed by atoms with Gasteiger partial charge in [-0.2, -0.15) is 0 Å². The number of rotatable bonds is 1. The lowest BCUT2D eigenvalue weighted by atomic mass is 10.2. The molecule has 0 saturated carbocycles. The third-order valence-electron chi connectivity index (χ3n) is 3.00. The zero-order valence-electron chi connectivity index (χ0n) is 10.1. The highest BCUT2D eigenvalue weighted by Crippen LogP contribution is 2.11. The second kappa shape index (κ2) is 4.67. The molecule has 0 spiro atoms. The quantitative estimate of drug-likeness (QED) is 0.731. The van der Waals surface area contributed by atoms with E-state index in [0.29, 0.717) is 11.5 Å². The predicted octanol–water partition coefficient (Wildman–Crippen LogP) is -0.165. The molecule has 2 N–H and O–H groups in total. The van der Waals surface area contributed by atoms with E-state index in [1.807, 2.05) is 11.8 Å². The Morgan fingerprint density at radius 1 is 1.41 bits per heavy atom. The lowest BCUT2D eigenvalue weighted by molar-refractivity contribution is 0.0526. The Labute approximate surface area is 100 Å². The maximum absolute atomic E-state index is 12.2. The molecule has 1 atom stereocenters. The van der Waals surface area contributed by atoms with Gasteiger partial charge in [0.1, 0.15) is 5.82 Å². The Bertz CT molecular complexity index is 405. The molecule has 17 heavy (non-hydrogen) atoms. The van der Waals surface area contributed by atoms with Crippen LogP contribution in [0.3, 0.4) is 0 Å². The van der Waals surface area contributed by atoms with Crippen molar-refractivity contribution in [3.63, 3.8) is 0 Å². The molecule has 0 radical (unpaired) electrons. The number of hydrogen-bond acceptors (Lipinski definition) is 5. The molecule has 0 aliphatic carbocycles. The van der Waals surface area contributed by atoms with E-state index in [-0.39, 0.29) is 11.9 Å². The highest BCUT2D eigenvalue weighted by Gasteiger charge is 2.27. The first-order chi connectivity index (χ1) is 8.08. The number of carbonyl (C=O) groups excluding carboxylic acids is 1. The normalized spacial score (nSPS) is 21.5. The summed E-state index contributed by atoms with van der Waals surface area (Å²) in [4.78, 5) is 16.2. The SMILES string of the molecule is CC1CN(C)CCN1C(=O)c1ccc(N)nn1. The molecular weight excluding hydrogens is 218 g/mol. The number of nitrogen functional groups attached to an aromatic ring is 1. The summed E-state index contributed by atoms with van der Waals surface area (Å²) in [5.41, 5.74) is 5.80. The molecule has 1 amide bonds. The first kappa shape index (κ1) is 11.8. The number of hydrogen-bond donors (Lipinski definition) is 1. The second-order valence-corrected chi connectivity index (χ2v) is 4.45. The standard InChI is InChI=1S/C11H17N5O/c1-8-7-15(2)5-6-16(8)11(17)9-3-4-10(12)14-13-9/h3-4,8H,5-7H2,1-2H3,(H2,12,14). The van der Waals surface area contributed by atoms with Crippen LogP contribution in [0.1, 0.15) is 17.4 Å². The number of likely N-dealkylation sites (N-methyl/N-ethyl adjacent to an activating group) is 1. The van der Waals surface area contributed by atoms with E-state index in [1.54, 1.807) is 12.1 Å². The van der Waals surface area contributed by atoms with Gasteiger partial charge in [0.15, 0.2) is 5.69 Å². The highest BCUT2D eigenvalue weighted by atomic mass is 16.2. The van der Waals surface area contributed by atoms with Crippen molar-refractivity contribution in [1.29, 1.82) is 0 Å². The van der Waals surface area contributed by atoms with Gasteiger partial charge in [-0.1, -0.05) is 0 Å². The summed E-state index contributed by atoms with van der Waals surface area (Å²) in [5, 5.41) is 7.53. The molecule has 92 valence electrons. The minimum absolute atomic E-state index is 0.0712. The summed E-state index contributed by atoms with van der Waals surface area (Å²) < 4.78 is 0. The number of nitrogens with zero attached hydrogens (tertiary/aromatic N) is 4. The van der Waals surface area contributed by atoms with E-state index in [4.69, 9.17) is 5.73 Å². The average molecular weight is 235 g/mol. The van der Waals surface area contributed by atoms with Crippen molar-refractivity contribution in [3.8, 4) is 0 Å². The maximum atomic E-state index is 12.2. The third-order valence-corrected chi connectivity index (χ3v) is 3.00. The number of carbonyl (C=O) groups is 1. The van der Waals surface area contributed by atoms with Crippen molar-refractivity contribution in [2.75, 3.05) is 32.4 Å². The summed E-state index contributed by atoms with van der Waals surface area (Å²) in [5.74, 6) is 0.256. The van der Waals surface area contributed by atoms with Crippen LogP contribution in [0.15, 0.2) is 12.1 Å². The van der Waals surface area contributed by atoms with E-state index in [9.17, 15) is 4.79 Å². The van der Waals surface area contributed by atoms with Crippen LogP contribution in [0.25, 0.3) is 0 Å². The molecule has 6 nitrogen and oxygen atoms in total. The molecule has 0 aromatic carbocycles. The van der Waals surface area contributed by atoms with E-state index in [0.717, 1.165) is 19.6 Å². The molecule has 1 aromatic heterocycles. The average Bonchev–Trinajstić information content (AvgIpc) is 2.29. The molecule has 1 saturated heterocycles. The molecule has 1 aliphatic heterocycles. The minimum atomic E-state index is -0.0712. The van der Waals surface area contributed by atoms with Crippen LogP contribution >= 0.6 is 0 Å². The van der Waals surface area contributed by atoms with Crippen molar-refractivity contribution in [2.24, 2.45) is 0 Å². The van der Waals surface area contributed by atoms with Crippen LogP contribution in [0.2, 0.25) is 0 Å². The van der Waals surface area contributed by atoms with Gasteiger partial charge in [-0.05, 0) is 26.1 Å². The Morgan fingerprint density at radius 2 is 2.18 bits per heavy atom. The summed E-state index contributed by atoms with van der Waals surface area (Å²) in [6.07, 6.45) is 0. The molecule has 1 unspecified atom stereocenters. The zero-order chi connectivity index (χ0) is 12.4. The van der Waals surface area contributed by atoms with Gasteiger partial charge in [0, 0.05) is 25.7 Å². The first-order valence-corrected chi connectivity index (χ1v) is 5.66. The second-order valence-electron chi connectivity index (χ2n) is 4.45. The van der Waals surface area contributed by atoms with Crippen molar-refractivity contribution in [3.05, 3.63) is 17.8 Å². The number of amides is 1. The van der Waals surface area contributed by atoms with E-state index < -0.39 is 0 Å². The molecule has 1 aromatic rings. The molecule has 1 fully saturated rings. The Kier molecular flexibility index (Phi) is 3.23. The minimum Gasteiger partial charge on any atom is -0.382 e. The van der Waals surface area contributed by atoms with Crippen LogP contribution < -0.4 is 5.73 Å². The molecular formula is C11H17N5O. The van der Waals surface area contributed by atoms with Crippen molar-refractivity contribution >= 4 is 11.7 Å². The monoisotopic (exact) mass is 235 g/mol. The van der Waals surface area contributed by atoms with Gasteiger partial charge in [-0.15, -0.1) is 10.2 Å². The number of nitrogens with two attached hydrogens (primary N) is 1. The summed E-state index contributed by atoms with van der Waals surface area (Å²) in [6, 6.07) is 3.41. The van der Waals surface area contributed by atoms with Crippen LogP contribution in [0, 0.1) is 0 Å². The molecule has 1 aliphatic rings. The number of aromatic nitrogens is 2. The summed E-state index contributed by atoms with van der Waals surface area (Å²) >= 11 is 0. The van der Waals surface area contributed by atoms with Gasteiger partial charge in [0.25, 0.3) is 5.91 Å².